The highest BCUT2D eigenvalue weighted by atomic mass is 32.2. The maximum absolute atomic E-state index is 12.0. The number of benzene rings is 1. The van der Waals surface area contributed by atoms with Crippen LogP contribution in [0.1, 0.15) is 18.2 Å². The molecule has 0 saturated heterocycles. The van der Waals surface area contributed by atoms with Crippen molar-refractivity contribution in [1.29, 1.82) is 0 Å². The van der Waals surface area contributed by atoms with E-state index in [-0.39, 0.29) is 30.2 Å². The summed E-state index contributed by atoms with van der Waals surface area (Å²) in [6.07, 6.45) is 0.261. The van der Waals surface area contributed by atoms with E-state index in [1.54, 1.807) is 31.2 Å². The molecule has 0 saturated carbocycles. The molecule has 8 heteroatoms. The fourth-order valence-electron chi connectivity index (χ4n) is 2.19. The fraction of sp³-hybridized carbons (Fsp3) is 0.353. The first-order chi connectivity index (χ1) is 12.0. The normalized spacial score (nSPS) is 10.5. The van der Waals surface area contributed by atoms with Crippen LogP contribution in [0.3, 0.4) is 0 Å². The molecule has 0 bridgehead atoms. The summed E-state index contributed by atoms with van der Waals surface area (Å²) in [6, 6.07) is 7.10. The van der Waals surface area contributed by atoms with Crippen LogP contribution in [-0.4, -0.2) is 39.9 Å². The minimum atomic E-state index is -0.282. The smallest absolute Gasteiger partial charge is 0.255 e. The molecule has 0 fully saturated rings. The van der Waals surface area contributed by atoms with E-state index >= 15 is 0 Å². The van der Waals surface area contributed by atoms with Gasteiger partial charge in [-0.2, -0.15) is 0 Å². The molecule has 0 aliphatic heterocycles. The summed E-state index contributed by atoms with van der Waals surface area (Å²) < 4.78 is 5.35. The summed E-state index contributed by atoms with van der Waals surface area (Å²) >= 11 is 1.15. The number of anilines is 1. The number of aliphatic hydroxyl groups is 1. The number of nitrogens with zero attached hydrogens (tertiary/aromatic N) is 1. The minimum Gasteiger partial charge on any atom is -0.494 e. The zero-order chi connectivity index (χ0) is 18.2. The Morgan fingerprint density at radius 2 is 2.08 bits per heavy atom. The largest absolute Gasteiger partial charge is 0.494 e. The summed E-state index contributed by atoms with van der Waals surface area (Å²) in [5.41, 5.74) is 1.42. The van der Waals surface area contributed by atoms with Gasteiger partial charge in [0.25, 0.3) is 5.56 Å². The highest BCUT2D eigenvalue weighted by Crippen LogP contribution is 2.17. The summed E-state index contributed by atoms with van der Waals surface area (Å²) in [6.45, 7) is 4.10. The predicted molar refractivity (Wildman–Crippen MR) is 97.3 cm³/mol. The van der Waals surface area contributed by atoms with Gasteiger partial charge in [0.1, 0.15) is 5.75 Å². The quantitative estimate of drug-likeness (QED) is 0.487. The Morgan fingerprint density at radius 3 is 2.68 bits per heavy atom. The van der Waals surface area contributed by atoms with Crippen LogP contribution in [0.4, 0.5) is 5.69 Å². The lowest BCUT2D eigenvalue weighted by atomic mass is 10.2. The van der Waals surface area contributed by atoms with Gasteiger partial charge in [-0.25, -0.2) is 4.98 Å². The number of aromatic amines is 1. The number of carbonyl (C=O) groups is 1. The third-order valence-electron chi connectivity index (χ3n) is 3.35. The van der Waals surface area contributed by atoms with E-state index in [0.29, 0.717) is 28.7 Å². The number of ether oxygens (including phenoxy) is 1. The number of carbonyl (C=O) groups excluding carboxylic acids is 1. The molecule has 0 aliphatic carbocycles. The molecular formula is C17H21N3O4S. The van der Waals surface area contributed by atoms with Gasteiger partial charge in [0.15, 0.2) is 5.16 Å². The second-order valence-electron chi connectivity index (χ2n) is 5.20. The average molecular weight is 363 g/mol. The lowest BCUT2D eigenvalue weighted by Crippen LogP contribution is -2.19. The van der Waals surface area contributed by atoms with Crippen LogP contribution in [0.25, 0.3) is 0 Å². The number of aryl methyl sites for hydroxylation is 1. The number of aliphatic hydroxyl groups excluding tert-OH is 1. The SMILES string of the molecule is CCOc1ccc(NC(=O)CSc2nc(C)c(CCO)c(=O)[nH]2)cc1. The van der Waals surface area contributed by atoms with E-state index in [1.165, 1.54) is 0 Å². The molecule has 7 nitrogen and oxygen atoms in total. The predicted octanol–water partition coefficient (Wildman–Crippen LogP) is 1.74. The maximum atomic E-state index is 12.0. The third-order valence-corrected chi connectivity index (χ3v) is 4.22. The molecule has 1 aromatic heterocycles. The van der Waals surface area contributed by atoms with Crippen molar-refractivity contribution >= 4 is 23.4 Å². The van der Waals surface area contributed by atoms with Gasteiger partial charge in [0.05, 0.1) is 12.4 Å². The number of amides is 1. The summed E-state index contributed by atoms with van der Waals surface area (Å²) in [5, 5.41) is 12.1. The molecule has 1 heterocycles. The Balaban J connectivity index is 1.92. The van der Waals surface area contributed by atoms with Gasteiger partial charge in [-0.05, 0) is 38.1 Å². The zero-order valence-corrected chi connectivity index (χ0v) is 15.0. The van der Waals surface area contributed by atoms with Gasteiger partial charge in [-0.3, -0.25) is 9.59 Å². The topological polar surface area (TPSA) is 104 Å². The van der Waals surface area contributed by atoms with Crippen molar-refractivity contribution in [1.82, 2.24) is 9.97 Å². The van der Waals surface area contributed by atoms with Crippen LogP contribution in [0.2, 0.25) is 0 Å². The molecule has 0 atom stereocenters. The number of rotatable bonds is 8. The Hall–Kier alpha value is -2.32. The fourth-order valence-corrected chi connectivity index (χ4v) is 2.90. The summed E-state index contributed by atoms with van der Waals surface area (Å²) in [4.78, 5) is 30.9. The average Bonchev–Trinajstić information content (AvgIpc) is 2.58. The van der Waals surface area contributed by atoms with Gasteiger partial charge in [0.2, 0.25) is 5.91 Å². The van der Waals surface area contributed by atoms with Crippen LogP contribution >= 0.6 is 11.8 Å². The first-order valence-electron chi connectivity index (χ1n) is 7.89. The van der Waals surface area contributed by atoms with Crippen molar-refractivity contribution in [3.63, 3.8) is 0 Å². The molecule has 0 unspecified atom stereocenters. The van der Waals surface area contributed by atoms with Gasteiger partial charge >= 0.3 is 0 Å². The zero-order valence-electron chi connectivity index (χ0n) is 14.2. The van der Waals surface area contributed by atoms with Crippen LogP contribution in [0.5, 0.6) is 5.75 Å². The van der Waals surface area contributed by atoms with Crippen molar-refractivity contribution in [3.8, 4) is 5.75 Å². The lowest BCUT2D eigenvalue weighted by molar-refractivity contribution is -0.113. The summed E-state index contributed by atoms with van der Waals surface area (Å²) in [7, 11) is 0. The molecule has 3 N–H and O–H groups in total. The Bertz CT molecular complexity index is 774. The third kappa shape index (κ3) is 5.61. The lowest BCUT2D eigenvalue weighted by Gasteiger charge is -2.08. The van der Waals surface area contributed by atoms with E-state index in [9.17, 15) is 9.59 Å². The number of thioether (sulfide) groups is 1. The van der Waals surface area contributed by atoms with Crippen molar-refractivity contribution in [2.75, 3.05) is 24.3 Å². The Morgan fingerprint density at radius 1 is 1.36 bits per heavy atom. The van der Waals surface area contributed by atoms with Crippen molar-refractivity contribution in [2.45, 2.75) is 25.4 Å². The van der Waals surface area contributed by atoms with Crippen molar-refractivity contribution in [3.05, 3.63) is 45.9 Å². The molecule has 0 aliphatic rings. The number of hydrogen-bond acceptors (Lipinski definition) is 6. The van der Waals surface area contributed by atoms with E-state index in [0.717, 1.165) is 17.5 Å². The van der Waals surface area contributed by atoms with Crippen LogP contribution < -0.4 is 15.6 Å². The standard InChI is InChI=1S/C17H21N3O4S/c1-3-24-13-6-4-12(5-7-13)19-15(22)10-25-17-18-11(2)14(8-9-21)16(23)20-17/h4-7,21H,3,8-10H2,1-2H3,(H,19,22)(H,18,20,23). The molecule has 1 aromatic carbocycles. The van der Waals surface area contributed by atoms with E-state index in [4.69, 9.17) is 9.84 Å². The second-order valence-corrected chi connectivity index (χ2v) is 6.17. The van der Waals surface area contributed by atoms with Crippen LogP contribution in [0.15, 0.2) is 34.2 Å². The molecule has 134 valence electrons. The first kappa shape index (κ1) is 19.0. The van der Waals surface area contributed by atoms with Crippen LogP contribution in [-0.2, 0) is 11.2 Å². The monoisotopic (exact) mass is 363 g/mol. The molecule has 2 aromatic rings. The van der Waals surface area contributed by atoms with Gasteiger partial charge in [0, 0.05) is 30.0 Å². The van der Waals surface area contributed by atoms with E-state index in [2.05, 4.69) is 15.3 Å². The molecule has 1 amide bonds. The Labute approximate surface area is 149 Å². The highest BCUT2D eigenvalue weighted by Gasteiger charge is 2.10. The number of hydrogen-bond donors (Lipinski definition) is 3. The van der Waals surface area contributed by atoms with E-state index < -0.39 is 0 Å². The van der Waals surface area contributed by atoms with Crippen molar-refractivity contribution in [2.24, 2.45) is 0 Å². The molecule has 0 radical (unpaired) electrons. The summed E-state index contributed by atoms with van der Waals surface area (Å²) in [5.74, 6) is 0.665. The highest BCUT2D eigenvalue weighted by molar-refractivity contribution is 7.99. The maximum Gasteiger partial charge on any atom is 0.255 e. The number of nitrogens with one attached hydrogen (secondary N) is 2. The Kier molecular flexibility index (Phi) is 7.03. The van der Waals surface area contributed by atoms with Gasteiger partial charge in [-0.15, -0.1) is 0 Å². The second kappa shape index (κ2) is 9.24. The van der Waals surface area contributed by atoms with Gasteiger partial charge in [-0.1, -0.05) is 11.8 Å². The van der Waals surface area contributed by atoms with E-state index in [1.807, 2.05) is 6.92 Å². The van der Waals surface area contributed by atoms with Crippen molar-refractivity contribution < 1.29 is 14.6 Å². The molecule has 25 heavy (non-hydrogen) atoms. The molecule has 2 rings (SSSR count). The number of aromatic nitrogens is 2. The van der Waals surface area contributed by atoms with Crippen LogP contribution in [0, 0.1) is 6.92 Å². The minimum absolute atomic E-state index is 0.109. The van der Waals surface area contributed by atoms with Gasteiger partial charge < -0.3 is 20.1 Å². The number of H-pyrrole nitrogens is 1. The molecular weight excluding hydrogens is 342 g/mol. The first-order valence-corrected chi connectivity index (χ1v) is 8.88. The molecule has 0 spiro atoms.